The highest BCUT2D eigenvalue weighted by Gasteiger charge is 2.46. The van der Waals surface area contributed by atoms with E-state index in [1.165, 1.54) is 25.1 Å². The van der Waals surface area contributed by atoms with Gasteiger partial charge in [0.25, 0.3) is 0 Å². The van der Waals surface area contributed by atoms with Gasteiger partial charge in [-0.2, -0.15) is 8.78 Å². The van der Waals surface area contributed by atoms with Crippen molar-refractivity contribution in [2.24, 2.45) is 0 Å². The van der Waals surface area contributed by atoms with Gasteiger partial charge in [-0.05, 0) is 26.8 Å². The molecule has 0 amide bonds. The van der Waals surface area contributed by atoms with E-state index < -0.39 is 11.5 Å². The number of halogens is 2. The van der Waals surface area contributed by atoms with Crippen LogP contribution in [0.2, 0.25) is 0 Å². The average Bonchev–Trinajstić information content (AvgIpc) is 2.16. The van der Waals surface area contributed by atoms with Gasteiger partial charge in [-0.25, -0.2) is 0 Å². The monoisotopic (exact) mass is 228 g/mol. The number of rotatable bonds is 3. The molecule has 0 unspecified atom stereocenters. The third kappa shape index (κ3) is 2.27. The molecule has 16 heavy (non-hydrogen) atoms. The van der Waals surface area contributed by atoms with Gasteiger partial charge < -0.3 is 5.11 Å². The molecule has 0 radical (unpaired) electrons. The van der Waals surface area contributed by atoms with E-state index in [1.54, 1.807) is 0 Å². The largest absolute Gasteiger partial charge is 0.384 e. The van der Waals surface area contributed by atoms with Crippen LogP contribution >= 0.6 is 0 Å². The van der Waals surface area contributed by atoms with Crippen molar-refractivity contribution < 1.29 is 18.7 Å². The van der Waals surface area contributed by atoms with Crippen molar-refractivity contribution in [1.82, 2.24) is 0 Å². The molecule has 0 fully saturated rings. The minimum absolute atomic E-state index is 0.210. The second-order valence-electron chi connectivity index (χ2n) is 4.27. The molecular formula is C12H14F2O2. The summed E-state index contributed by atoms with van der Waals surface area (Å²) in [5.74, 6) is -3.67. The maximum atomic E-state index is 13.7. The van der Waals surface area contributed by atoms with E-state index in [9.17, 15) is 18.7 Å². The Morgan fingerprint density at radius 1 is 1.31 bits per heavy atom. The van der Waals surface area contributed by atoms with Crippen LogP contribution in [-0.4, -0.2) is 16.5 Å². The van der Waals surface area contributed by atoms with Crippen molar-refractivity contribution in [2.45, 2.75) is 32.3 Å². The molecule has 2 nitrogen and oxygen atoms in total. The van der Waals surface area contributed by atoms with Gasteiger partial charge in [-0.15, -0.1) is 0 Å². The van der Waals surface area contributed by atoms with Crippen molar-refractivity contribution in [3.05, 3.63) is 35.4 Å². The van der Waals surface area contributed by atoms with E-state index in [0.717, 1.165) is 19.9 Å². The molecule has 0 atom stereocenters. The van der Waals surface area contributed by atoms with E-state index in [4.69, 9.17) is 0 Å². The lowest BCUT2D eigenvalue weighted by Gasteiger charge is -2.29. The summed E-state index contributed by atoms with van der Waals surface area (Å²) in [5.41, 5.74) is -2.31. The Balaban J connectivity index is 3.24. The number of ketones is 1. The Kier molecular flexibility index (Phi) is 3.15. The number of Topliss-reactive ketones (excluding diaryl/α,β-unsaturated/α-hetero) is 1. The van der Waals surface area contributed by atoms with Crippen LogP contribution in [0, 0.1) is 0 Å². The fraction of sp³-hybridized carbons (Fsp3) is 0.417. The molecule has 0 bridgehead atoms. The lowest BCUT2D eigenvalue weighted by molar-refractivity contribution is -0.168. The lowest BCUT2D eigenvalue weighted by Crippen LogP contribution is -2.40. The summed E-state index contributed by atoms with van der Waals surface area (Å²) in [5, 5.41) is 9.39. The van der Waals surface area contributed by atoms with Crippen molar-refractivity contribution in [2.75, 3.05) is 0 Å². The predicted molar refractivity (Wildman–Crippen MR) is 56.6 cm³/mol. The maximum absolute atomic E-state index is 13.7. The molecule has 0 aliphatic rings. The first kappa shape index (κ1) is 12.8. The molecule has 0 spiro atoms. The van der Waals surface area contributed by atoms with Crippen LogP contribution in [0.4, 0.5) is 8.78 Å². The van der Waals surface area contributed by atoms with Gasteiger partial charge in [-0.1, -0.05) is 18.2 Å². The summed E-state index contributed by atoms with van der Waals surface area (Å²) in [4.78, 5) is 11.1. The first-order valence-corrected chi connectivity index (χ1v) is 4.88. The predicted octanol–water partition coefficient (Wildman–Crippen LogP) is 2.75. The van der Waals surface area contributed by atoms with Gasteiger partial charge in [0.05, 0.1) is 0 Å². The summed E-state index contributed by atoms with van der Waals surface area (Å²) in [6.45, 7) is 3.38. The van der Waals surface area contributed by atoms with Crippen molar-refractivity contribution in [1.29, 1.82) is 0 Å². The number of benzene rings is 1. The van der Waals surface area contributed by atoms with Gasteiger partial charge in [-0.3, -0.25) is 4.79 Å². The first-order chi connectivity index (χ1) is 7.16. The summed E-state index contributed by atoms with van der Waals surface area (Å²) in [7, 11) is 0. The zero-order chi connectivity index (χ0) is 12.6. The van der Waals surface area contributed by atoms with Crippen LogP contribution in [0.25, 0.3) is 0 Å². The standard InChI is InChI=1S/C12H14F2O2/c1-8(15)9-5-4-6-10(7-9)12(13,14)11(2,3)16/h4-7,16H,1-3H3. The fourth-order valence-electron chi connectivity index (χ4n) is 1.29. The normalized spacial score (nSPS) is 12.6. The van der Waals surface area contributed by atoms with Crippen molar-refractivity contribution in [3.63, 3.8) is 0 Å². The molecule has 1 N–H and O–H groups in total. The minimum Gasteiger partial charge on any atom is -0.384 e. The molecule has 88 valence electrons. The van der Waals surface area contributed by atoms with Crippen LogP contribution < -0.4 is 0 Å². The topological polar surface area (TPSA) is 37.3 Å². The summed E-state index contributed by atoms with van der Waals surface area (Å²) >= 11 is 0. The Labute approximate surface area is 92.9 Å². The maximum Gasteiger partial charge on any atom is 0.300 e. The van der Waals surface area contributed by atoms with Crippen LogP contribution in [-0.2, 0) is 5.92 Å². The number of hydrogen-bond donors (Lipinski definition) is 1. The summed E-state index contributed by atoms with van der Waals surface area (Å²) in [6, 6.07) is 5.16. The zero-order valence-electron chi connectivity index (χ0n) is 9.42. The highest BCUT2D eigenvalue weighted by atomic mass is 19.3. The van der Waals surface area contributed by atoms with Gasteiger partial charge in [0.15, 0.2) is 5.78 Å². The number of carbonyl (C=O) groups is 1. The van der Waals surface area contributed by atoms with E-state index >= 15 is 0 Å². The SMILES string of the molecule is CC(=O)c1cccc(C(F)(F)C(C)(C)O)c1. The third-order valence-electron chi connectivity index (χ3n) is 2.40. The van der Waals surface area contributed by atoms with E-state index in [-0.39, 0.29) is 16.9 Å². The number of alkyl halides is 2. The second kappa shape index (κ2) is 3.94. The molecule has 0 aromatic heterocycles. The Hall–Kier alpha value is -1.29. The molecule has 0 saturated carbocycles. The number of hydrogen-bond acceptors (Lipinski definition) is 2. The molecule has 1 rings (SSSR count). The van der Waals surface area contributed by atoms with E-state index in [2.05, 4.69) is 0 Å². The van der Waals surface area contributed by atoms with Gasteiger partial charge >= 0.3 is 5.92 Å². The van der Waals surface area contributed by atoms with Crippen LogP contribution in [0.5, 0.6) is 0 Å². The first-order valence-electron chi connectivity index (χ1n) is 4.88. The highest BCUT2D eigenvalue weighted by molar-refractivity contribution is 5.94. The third-order valence-corrected chi connectivity index (χ3v) is 2.40. The van der Waals surface area contributed by atoms with E-state index in [1.807, 2.05) is 0 Å². The van der Waals surface area contributed by atoms with Crippen molar-refractivity contribution in [3.8, 4) is 0 Å². The summed E-state index contributed by atoms with van der Waals surface area (Å²) < 4.78 is 27.5. The van der Waals surface area contributed by atoms with Crippen LogP contribution in [0.15, 0.2) is 24.3 Å². The molecule has 1 aromatic rings. The minimum atomic E-state index is -3.39. The molecule has 0 aliphatic carbocycles. The van der Waals surface area contributed by atoms with Gasteiger partial charge in [0, 0.05) is 11.1 Å². The molecule has 4 heteroatoms. The average molecular weight is 228 g/mol. The van der Waals surface area contributed by atoms with Crippen LogP contribution in [0.1, 0.15) is 36.7 Å². The van der Waals surface area contributed by atoms with Gasteiger partial charge in [0.1, 0.15) is 5.60 Å². The molecule has 0 heterocycles. The Bertz CT molecular complexity index is 406. The quantitative estimate of drug-likeness (QED) is 0.808. The Morgan fingerprint density at radius 2 is 1.88 bits per heavy atom. The second-order valence-corrected chi connectivity index (χ2v) is 4.27. The number of carbonyl (C=O) groups excluding carboxylic acids is 1. The Morgan fingerprint density at radius 3 is 2.31 bits per heavy atom. The lowest BCUT2D eigenvalue weighted by atomic mass is 9.92. The molecule has 1 aromatic carbocycles. The highest BCUT2D eigenvalue weighted by Crippen LogP contribution is 2.38. The fourth-order valence-corrected chi connectivity index (χ4v) is 1.29. The van der Waals surface area contributed by atoms with E-state index in [0.29, 0.717) is 0 Å². The zero-order valence-corrected chi connectivity index (χ0v) is 9.42. The van der Waals surface area contributed by atoms with Crippen LogP contribution in [0.3, 0.4) is 0 Å². The molecular weight excluding hydrogens is 214 g/mol. The smallest absolute Gasteiger partial charge is 0.300 e. The van der Waals surface area contributed by atoms with Crippen molar-refractivity contribution >= 4 is 5.78 Å². The molecule has 0 saturated heterocycles. The summed E-state index contributed by atoms with van der Waals surface area (Å²) in [6.07, 6.45) is 0. The molecule has 0 aliphatic heterocycles. The van der Waals surface area contributed by atoms with Gasteiger partial charge in [0.2, 0.25) is 0 Å². The number of aliphatic hydroxyl groups is 1.